The standard InChI is InChI=1S/C12H13N3O/c1-13-12(16)14-10-4-6-11(7-5-10)15-8-2-3-9-15/h2-9H,1H3,(H2,13,14,16). The first-order valence-corrected chi connectivity index (χ1v) is 5.02. The van der Waals surface area contributed by atoms with Crippen LogP contribution in [0.15, 0.2) is 48.8 Å². The summed E-state index contributed by atoms with van der Waals surface area (Å²) in [4.78, 5) is 11.1. The lowest BCUT2D eigenvalue weighted by atomic mass is 10.3. The highest BCUT2D eigenvalue weighted by Gasteiger charge is 1.98. The van der Waals surface area contributed by atoms with E-state index in [1.54, 1.807) is 7.05 Å². The Balaban J connectivity index is 2.14. The number of amides is 2. The van der Waals surface area contributed by atoms with Gasteiger partial charge in [0.15, 0.2) is 0 Å². The normalized spacial score (nSPS) is 9.81. The lowest BCUT2D eigenvalue weighted by molar-refractivity contribution is 0.254. The number of hydrogen-bond donors (Lipinski definition) is 2. The van der Waals surface area contributed by atoms with Crippen LogP contribution in [0.25, 0.3) is 5.69 Å². The number of aromatic nitrogens is 1. The van der Waals surface area contributed by atoms with E-state index in [0.717, 1.165) is 11.4 Å². The van der Waals surface area contributed by atoms with Crippen molar-refractivity contribution in [2.24, 2.45) is 0 Å². The molecule has 2 amide bonds. The van der Waals surface area contributed by atoms with Gasteiger partial charge in [-0.25, -0.2) is 4.79 Å². The quantitative estimate of drug-likeness (QED) is 0.792. The van der Waals surface area contributed by atoms with Crippen LogP contribution in [0.3, 0.4) is 0 Å². The summed E-state index contributed by atoms with van der Waals surface area (Å²) >= 11 is 0. The van der Waals surface area contributed by atoms with Crippen LogP contribution in [0, 0.1) is 0 Å². The van der Waals surface area contributed by atoms with Crippen molar-refractivity contribution in [2.75, 3.05) is 12.4 Å². The molecule has 0 fully saturated rings. The van der Waals surface area contributed by atoms with Gasteiger partial charge in [0.25, 0.3) is 0 Å². The van der Waals surface area contributed by atoms with E-state index in [1.807, 2.05) is 53.4 Å². The van der Waals surface area contributed by atoms with Gasteiger partial charge >= 0.3 is 6.03 Å². The molecule has 0 aliphatic rings. The number of urea groups is 1. The van der Waals surface area contributed by atoms with Crippen molar-refractivity contribution in [3.63, 3.8) is 0 Å². The first-order valence-electron chi connectivity index (χ1n) is 5.02. The number of carbonyl (C=O) groups is 1. The fourth-order valence-electron chi connectivity index (χ4n) is 1.42. The molecule has 4 nitrogen and oxygen atoms in total. The molecule has 0 bridgehead atoms. The molecule has 0 unspecified atom stereocenters. The van der Waals surface area contributed by atoms with Gasteiger partial charge in [-0.15, -0.1) is 0 Å². The fourth-order valence-corrected chi connectivity index (χ4v) is 1.42. The number of nitrogens with one attached hydrogen (secondary N) is 2. The zero-order valence-corrected chi connectivity index (χ0v) is 8.97. The maximum Gasteiger partial charge on any atom is 0.318 e. The summed E-state index contributed by atoms with van der Waals surface area (Å²) in [5.74, 6) is 0. The molecule has 82 valence electrons. The summed E-state index contributed by atoms with van der Waals surface area (Å²) < 4.78 is 2.00. The Kier molecular flexibility index (Phi) is 2.91. The van der Waals surface area contributed by atoms with Crippen molar-refractivity contribution < 1.29 is 4.79 Å². The van der Waals surface area contributed by atoms with Crippen LogP contribution in [-0.2, 0) is 0 Å². The molecule has 1 heterocycles. The Bertz CT molecular complexity index is 460. The highest BCUT2D eigenvalue weighted by molar-refractivity contribution is 5.89. The second-order valence-electron chi connectivity index (χ2n) is 3.34. The lowest BCUT2D eigenvalue weighted by Gasteiger charge is -2.06. The molecule has 16 heavy (non-hydrogen) atoms. The number of anilines is 1. The molecular weight excluding hydrogens is 202 g/mol. The molecule has 0 saturated heterocycles. The van der Waals surface area contributed by atoms with Gasteiger partial charge in [0.2, 0.25) is 0 Å². The summed E-state index contributed by atoms with van der Waals surface area (Å²) in [7, 11) is 1.59. The molecule has 0 spiro atoms. The number of rotatable bonds is 2. The van der Waals surface area contributed by atoms with E-state index >= 15 is 0 Å². The van der Waals surface area contributed by atoms with Crippen LogP contribution in [0.4, 0.5) is 10.5 Å². The highest BCUT2D eigenvalue weighted by Crippen LogP contribution is 2.13. The summed E-state index contributed by atoms with van der Waals surface area (Å²) in [6.07, 6.45) is 3.95. The monoisotopic (exact) mass is 215 g/mol. The Morgan fingerprint density at radius 3 is 2.31 bits per heavy atom. The lowest BCUT2D eigenvalue weighted by Crippen LogP contribution is -2.24. The Labute approximate surface area is 93.9 Å². The first kappa shape index (κ1) is 10.3. The van der Waals surface area contributed by atoms with Gasteiger partial charge in [0, 0.05) is 30.8 Å². The van der Waals surface area contributed by atoms with Crippen LogP contribution < -0.4 is 10.6 Å². The van der Waals surface area contributed by atoms with Gasteiger partial charge in [-0.1, -0.05) is 0 Å². The SMILES string of the molecule is CNC(=O)Nc1ccc(-n2cccc2)cc1. The topological polar surface area (TPSA) is 46.1 Å². The molecule has 0 radical (unpaired) electrons. The van der Waals surface area contributed by atoms with Gasteiger partial charge in [0.05, 0.1) is 0 Å². The maximum absolute atomic E-state index is 11.1. The molecule has 1 aromatic heterocycles. The van der Waals surface area contributed by atoms with Gasteiger partial charge < -0.3 is 15.2 Å². The van der Waals surface area contributed by atoms with Crippen molar-refractivity contribution in [1.29, 1.82) is 0 Å². The number of nitrogens with zero attached hydrogens (tertiary/aromatic N) is 1. The van der Waals surface area contributed by atoms with Crippen LogP contribution in [0.2, 0.25) is 0 Å². The molecule has 2 rings (SSSR count). The minimum atomic E-state index is -0.214. The minimum absolute atomic E-state index is 0.214. The van der Waals surface area contributed by atoms with Crippen LogP contribution in [0.1, 0.15) is 0 Å². The van der Waals surface area contributed by atoms with E-state index < -0.39 is 0 Å². The van der Waals surface area contributed by atoms with E-state index in [2.05, 4.69) is 10.6 Å². The first-order chi connectivity index (χ1) is 7.79. The Morgan fingerprint density at radius 2 is 1.75 bits per heavy atom. The second kappa shape index (κ2) is 4.53. The minimum Gasteiger partial charge on any atom is -0.341 e. The van der Waals surface area contributed by atoms with Crippen LogP contribution in [-0.4, -0.2) is 17.6 Å². The van der Waals surface area contributed by atoms with E-state index in [0.29, 0.717) is 0 Å². The fraction of sp³-hybridized carbons (Fsp3) is 0.0833. The summed E-state index contributed by atoms with van der Waals surface area (Å²) in [6, 6.07) is 11.4. The van der Waals surface area contributed by atoms with Crippen molar-refractivity contribution in [3.05, 3.63) is 48.8 Å². The van der Waals surface area contributed by atoms with Crippen molar-refractivity contribution in [2.45, 2.75) is 0 Å². The van der Waals surface area contributed by atoms with Crippen molar-refractivity contribution in [3.8, 4) is 5.69 Å². The summed E-state index contributed by atoms with van der Waals surface area (Å²) in [6.45, 7) is 0. The number of carbonyl (C=O) groups excluding carboxylic acids is 1. The molecule has 1 aromatic carbocycles. The largest absolute Gasteiger partial charge is 0.341 e. The molecule has 2 N–H and O–H groups in total. The molecular formula is C12H13N3O. The molecule has 0 aliphatic carbocycles. The van der Waals surface area contributed by atoms with Crippen LogP contribution >= 0.6 is 0 Å². The van der Waals surface area contributed by atoms with Gasteiger partial charge in [0.1, 0.15) is 0 Å². The predicted molar refractivity (Wildman–Crippen MR) is 63.8 cm³/mol. The molecule has 0 atom stereocenters. The second-order valence-corrected chi connectivity index (χ2v) is 3.34. The van der Waals surface area contributed by atoms with Crippen LogP contribution in [0.5, 0.6) is 0 Å². The zero-order chi connectivity index (χ0) is 11.4. The Hall–Kier alpha value is -2.23. The third-order valence-electron chi connectivity index (χ3n) is 2.25. The summed E-state index contributed by atoms with van der Waals surface area (Å²) in [5.41, 5.74) is 1.84. The van der Waals surface area contributed by atoms with Gasteiger partial charge in [-0.2, -0.15) is 0 Å². The van der Waals surface area contributed by atoms with E-state index in [9.17, 15) is 4.79 Å². The molecule has 0 aliphatic heterocycles. The van der Waals surface area contributed by atoms with Gasteiger partial charge in [-0.05, 0) is 36.4 Å². The number of benzene rings is 1. The summed E-state index contributed by atoms with van der Waals surface area (Å²) in [5, 5.41) is 5.21. The molecule has 4 heteroatoms. The van der Waals surface area contributed by atoms with Crippen molar-refractivity contribution >= 4 is 11.7 Å². The van der Waals surface area contributed by atoms with E-state index in [-0.39, 0.29) is 6.03 Å². The van der Waals surface area contributed by atoms with E-state index in [1.165, 1.54) is 0 Å². The molecule has 0 saturated carbocycles. The maximum atomic E-state index is 11.1. The Morgan fingerprint density at radius 1 is 1.12 bits per heavy atom. The number of hydrogen-bond acceptors (Lipinski definition) is 1. The third kappa shape index (κ3) is 2.23. The molecule has 2 aromatic rings. The predicted octanol–water partition coefficient (Wildman–Crippen LogP) is 2.23. The zero-order valence-electron chi connectivity index (χ0n) is 8.97. The third-order valence-corrected chi connectivity index (χ3v) is 2.25. The van der Waals surface area contributed by atoms with Gasteiger partial charge in [-0.3, -0.25) is 0 Å². The average Bonchev–Trinajstić information content (AvgIpc) is 2.83. The average molecular weight is 215 g/mol. The van der Waals surface area contributed by atoms with Crippen molar-refractivity contribution in [1.82, 2.24) is 9.88 Å². The smallest absolute Gasteiger partial charge is 0.318 e. The highest BCUT2D eigenvalue weighted by atomic mass is 16.2. The van der Waals surface area contributed by atoms with E-state index in [4.69, 9.17) is 0 Å².